The first-order valence-electron chi connectivity index (χ1n) is 10.7. The van der Waals surface area contributed by atoms with Gasteiger partial charge in [0, 0.05) is 17.8 Å². The number of fused-ring (bicyclic) bond motifs is 1. The Labute approximate surface area is 194 Å². The molecule has 2 aliphatic rings. The molecule has 0 aromatic heterocycles. The van der Waals surface area contributed by atoms with E-state index in [0.29, 0.717) is 42.0 Å². The molecule has 3 aromatic carbocycles. The lowest BCUT2D eigenvalue weighted by molar-refractivity contribution is -0.120. The van der Waals surface area contributed by atoms with Gasteiger partial charge in [0.15, 0.2) is 11.5 Å². The zero-order valence-corrected chi connectivity index (χ0v) is 18.4. The number of anilines is 2. The van der Waals surface area contributed by atoms with Gasteiger partial charge in [-0.05, 0) is 49.2 Å². The molecule has 0 atom stereocenters. The van der Waals surface area contributed by atoms with Gasteiger partial charge in [-0.2, -0.15) is 0 Å². The summed E-state index contributed by atoms with van der Waals surface area (Å²) in [6, 6.07) is 13.2. The van der Waals surface area contributed by atoms with E-state index in [1.54, 1.807) is 24.3 Å². The minimum Gasteiger partial charge on any atom is -0.486 e. The number of carbonyl (C=O) groups is 2. The molecule has 172 valence electrons. The summed E-state index contributed by atoms with van der Waals surface area (Å²) in [5.74, 6) is -2.20. The topological polar surface area (TPSA) is 67.9 Å². The molecule has 6 nitrogen and oxygen atoms in total. The Morgan fingerprint density at radius 1 is 0.853 bits per heavy atom. The molecule has 0 unspecified atom stereocenters. The summed E-state index contributed by atoms with van der Waals surface area (Å²) in [5.41, 5.74) is 2.55. The second kappa shape index (κ2) is 8.30. The molecule has 2 heterocycles. The number of aryl methyl sites for hydroxylation is 2. The minimum atomic E-state index is -1.01. The first-order valence-corrected chi connectivity index (χ1v) is 10.7. The molecule has 2 amide bonds. The van der Waals surface area contributed by atoms with Crippen molar-refractivity contribution in [1.29, 1.82) is 0 Å². The predicted octanol–water partition coefficient (Wildman–Crippen LogP) is 4.75. The average molecular weight is 462 g/mol. The van der Waals surface area contributed by atoms with Gasteiger partial charge in [-0.15, -0.1) is 0 Å². The number of carbonyl (C=O) groups excluding carboxylic acids is 2. The van der Waals surface area contributed by atoms with E-state index >= 15 is 0 Å². The summed E-state index contributed by atoms with van der Waals surface area (Å²) in [4.78, 5) is 27.7. The predicted molar refractivity (Wildman–Crippen MR) is 123 cm³/mol. The summed E-state index contributed by atoms with van der Waals surface area (Å²) >= 11 is 0. The van der Waals surface area contributed by atoms with E-state index in [-0.39, 0.29) is 17.0 Å². The van der Waals surface area contributed by atoms with Gasteiger partial charge in [0.25, 0.3) is 11.8 Å². The number of hydrogen-bond acceptors (Lipinski definition) is 5. The monoisotopic (exact) mass is 462 g/mol. The summed E-state index contributed by atoms with van der Waals surface area (Å²) in [6.45, 7) is 4.58. The summed E-state index contributed by atoms with van der Waals surface area (Å²) in [7, 11) is 0. The van der Waals surface area contributed by atoms with Crippen LogP contribution in [0.15, 0.2) is 60.3 Å². The minimum absolute atomic E-state index is 0.0163. The van der Waals surface area contributed by atoms with Crippen molar-refractivity contribution in [2.24, 2.45) is 0 Å². The normalized spacial score (nSPS) is 15.2. The van der Waals surface area contributed by atoms with E-state index in [1.807, 2.05) is 26.0 Å². The van der Waals surface area contributed by atoms with Crippen LogP contribution in [-0.4, -0.2) is 25.0 Å². The molecule has 8 heteroatoms. The van der Waals surface area contributed by atoms with E-state index in [1.165, 1.54) is 0 Å². The third kappa shape index (κ3) is 3.67. The lowest BCUT2D eigenvalue weighted by Crippen LogP contribution is -2.33. The van der Waals surface area contributed by atoms with E-state index < -0.39 is 23.4 Å². The lowest BCUT2D eigenvalue weighted by atomic mass is 9.97. The number of rotatable bonds is 4. The number of amides is 2. The van der Waals surface area contributed by atoms with Crippen LogP contribution in [0, 0.1) is 25.5 Å². The zero-order valence-electron chi connectivity index (χ0n) is 18.4. The maximum Gasteiger partial charge on any atom is 0.282 e. The van der Waals surface area contributed by atoms with Crippen LogP contribution in [-0.2, 0) is 9.59 Å². The maximum absolute atomic E-state index is 14.6. The molecule has 0 saturated heterocycles. The molecule has 0 bridgehead atoms. The van der Waals surface area contributed by atoms with Crippen LogP contribution >= 0.6 is 0 Å². The Bertz CT molecular complexity index is 1380. The van der Waals surface area contributed by atoms with Crippen molar-refractivity contribution in [2.45, 2.75) is 13.8 Å². The van der Waals surface area contributed by atoms with Gasteiger partial charge in [-0.25, -0.2) is 13.7 Å². The van der Waals surface area contributed by atoms with Crippen molar-refractivity contribution in [1.82, 2.24) is 0 Å². The summed E-state index contributed by atoms with van der Waals surface area (Å²) in [6.07, 6.45) is 0. The second-order valence-electron chi connectivity index (χ2n) is 8.09. The molecule has 5 rings (SSSR count). The van der Waals surface area contributed by atoms with Crippen molar-refractivity contribution in [3.05, 3.63) is 88.6 Å². The summed E-state index contributed by atoms with van der Waals surface area (Å²) < 4.78 is 39.2. The fourth-order valence-electron chi connectivity index (χ4n) is 4.14. The molecule has 1 N–H and O–H groups in total. The van der Waals surface area contributed by atoms with E-state index in [9.17, 15) is 18.4 Å². The fraction of sp³-hybridized carbons (Fsp3) is 0.154. The Balaban J connectivity index is 1.63. The van der Waals surface area contributed by atoms with Crippen molar-refractivity contribution >= 4 is 28.8 Å². The number of hydrogen-bond donors (Lipinski definition) is 1. The highest BCUT2D eigenvalue weighted by atomic mass is 19.1. The van der Waals surface area contributed by atoms with Crippen LogP contribution in [0.2, 0.25) is 0 Å². The van der Waals surface area contributed by atoms with Crippen molar-refractivity contribution in [3.63, 3.8) is 0 Å². The summed E-state index contributed by atoms with van der Waals surface area (Å²) in [5, 5.41) is 3.03. The molecule has 2 aliphatic heterocycles. The lowest BCUT2D eigenvalue weighted by Gasteiger charge is -2.19. The van der Waals surface area contributed by atoms with Gasteiger partial charge in [-0.3, -0.25) is 9.59 Å². The molecule has 0 radical (unpaired) electrons. The van der Waals surface area contributed by atoms with Crippen molar-refractivity contribution in [2.75, 3.05) is 23.4 Å². The maximum atomic E-state index is 14.6. The average Bonchev–Trinajstić information content (AvgIpc) is 3.03. The highest BCUT2D eigenvalue weighted by molar-refractivity contribution is 6.46. The molecule has 0 fully saturated rings. The fourth-order valence-corrected chi connectivity index (χ4v) is 4.14. The largest absolute Gasteiger partial charge is 0.486 e. The molecule has 0 aliphatic carbocycles. The highest BCUT2D eigenvalue weighted by Gasteiger charge is 2.42. The standard InChI is InChI=1S/C26H20F2N2O4/c1-14-3-6-18(15(2)11-14)23-24(29-17-5-8-21-22(13-17)34-10-9-33-21)26(32)30(25(23)31)20-7-4-16(27)12-19(20)28/h3-8,11-13,29H,9-10H2,1-2H3. The van der Waals surface area contributed by atoms with Crippen LogP contribution in [0.1, 0.15) is 16.7 Å². The highest BCUT2D eigenvalue weighted by Crippen LogP contribution is 2.38. The number of halogens is 2. The Kier molecular flexibility index (Phi) is 5.28. The molecular weight excluding hydrogens is 442 g/mol. The number of nitrogens with one attached hydrogen (secondary N) is 1. The number of benzene rings is 3. The van der Waals surface area contributed by atoms with Gasteiger partial charge in [0.05, 0.1) is 11.3 Å². The van der Waals surface area contributed by atoms with Gasteiger partial charge in [-0.1, -0.05) is 23.8 Å². The number of imide groups is 1. The Morgan fingerprint density at radius 2 is 1.62 bits per heavy atom. The molecule has 0 spiro atoms. The molecular formula is C26H20F2N2O4. The smallest absolute Gasteiger partial charge is 0.282 e. The van der Waals surface area contributed by atoms with Gasteiger partial charge in [0.2, 0.25) is 0 Å². The van der Waals surface area contributed by atoms with Crippen LogP contribution in [0.25, 0.3) is 5.57 Å². The van der Waals surface area contributed by atoms with Crippen LogP contribution in [0.4, 0.5) is 20.2 Å². The number of nitrogens with zero attached hydrogens (tertiary/aromatic N) is 1. The third-order valence-corrected chi connectivity index (χ3v) is 5.70. The molecule has 34 heavy (non-hydrogen) atoms. The van der Waals surface area contributed by atoms with Gasteiger partial charge >= 0.3 is 0 Å². The molecule has 0 saturated carbocycles. The van der Waals surface area contributed by atoms with Gasteiger partial charge < -0.3 is 14.8 Å². The van der Waals surface area contributed by atoms with Crippen molar-refractivity contribution < 1.29 is 27.8 Å². The van der Waals surface area contributed by atoms with Crippen LogP contribution < -0.4 is 19.7 Å². The first kappa shape index (κ1) is 21.6. The van der Waals surface area contributed by atoms with Gasteiger partial charge in [0.1, 0.15) is 30.5 Å². The Hall–Kier alpha value is -4.20. The Morgan fingerprint density at radius 3 is 2.35 bits per heavy atom. The molecule has 3 aromatic rings. The second-order valence-corrected chi connectivity index (χ2v) is 8.09. The van der Waals surface area contributed by atoms with E-state index in [2.05, 4.69) is 5.32 Å². The van der Waals surface area contributed by atoms with E-state index in [4.69, 9.17) is 9.47 Å². The van der Waals surface area contributed by atoms with E-state index in [0.717, 1.165) is 28.2 Å². The van der Waals surface area contributed by atoms with Crippen molar-refractivity contribution in [3.8, 4) is 11.5 Å². The quantitative estimate of drug-likeness (QED) is 0.567. The third-order valence-electron chi connectivity index (χ3n) is 5.70. The SMILES string of the molecule is Cc1ccc(C2=C(Nc3ccc4c(c3)OCCO4)C(=O)N(c3ccc(F)cc3F)C2=O)c(C)c1. The zero-order chi connectivity index (χ0) is 24.0. The number of ether oxygens (including phenoxy) is 2. The first-order chi connectivity index (χ1) is 16.3. The van der Waals surface area contributed by atoms with Crippen LogP contribution in [0.5, 0.6) is 11.5 Å². The van der Waals surface area contributed by atoms with Crippen LogP contribution in [0.3, 0.4) is 0 Å².